The van der Waals surface area contributed by atoms with E-state index in [0.717, 1.165) is 8.94 Å². The van der Waals surface area contributed by atoms with E-state index in [2.05, 4.69) is 26.0 Å². The van der Waals surface area contributed by atoms with Crippen LogP contribution in [0, 0.1) is 6.92 Å². The summed E-state index contributed by atoms with van der Waals surface area (Å²) >= 11 is 3.28. The molecule has 0 aromatic carbocycles. The number of sulfonamides is 1. The summed E-state index contributed by atoms with van der Waals surface area (Å²) in [5.41, 5.74) is 0.706. The van der Waals surface area contributed by atoms with Crippen LogP contribution in [-0.2, 0) is 14.9 Å². The van der Waals surface area contributed by atoms with Gasteiger partial charge in [0.2, 0.25) is 0 Å². The maximum Gasteiger partial charge on any atom is 0.270 e. The molecule has 1 aliphatic rings. The van der Waals surface area contributed by atoms with Crippen LogP contribution in [0.5, 0.6) is 0 Å². The summed E-state index contributed by atoms with van der Waals surface area (Å²) in [7, 11) is -3.72. The van der Waals surface area contributed by atoms with Crippen molar-refractivity contribution in [2.45, 2.75) is 18.2 Å². The Kier molecular flexibility index (Phi) is 3.08. The molecule has 2 aromatic rings. The molecule has 3 rings (SSSR count). The first-order valence-electron chi connectivity index (χ1n) is 5.66. The Morgan fingerprint density at radius 1 is 1.47 bits per heavy atom. The van der Waals surface area contributed by atoms with Crippen LogP contribution in [0.4, 0.5) is 0 Å². The van der Waals surface area contributed by atoms with Crippen LogP contribution in [0.2, 0.25) is 0 Å². The molecule has 0 bridgehead atoms. The summed E-state index contributed by atoms with van der Waals surface area (Å²) in [5.74, 6) is 0. The first-order chi connectivity index (χ1) is 9.00. The normalized spacial score (nSPS) is 17.4. The average Bonchev–Trinajstić information content (AvgIpc) is 2.94. The number of hydrogen-bond acceptors (Lipinski definition) is 5. The second-order valence-corrected chi connectivity index (χ2v) is 6.85. The van der Waals surface area contributed by atoms with Gasteiger partial charge in [0.05, 0.1) is 16.8 Å². The molecular formula is C10H11BrN4O3S. The zero-order valence-electron chi connectivity index (χ0n) is 10.1. The smallest absolute Gasteiger partial charge is 0.270 e. The lowest BCUT2D eigenvalue weighted by molar-refractivity contribution is -0.0284. The van der Waals surface area contributed by atoms with E-state index in [1.807, 2.05) is 0 Å². The average molecular weight is 347 g/mol. The van der Waals surface area contributed by atoms with Crippen molar-refractivity contribution in [3.05, 3.63) is 22.6 Å². The molecule has 2 aromatic heterocycles. The molecular weight excluding hydrogens is 336 g/mol. The number of fused-ring (bicyclic) bond motifs is 1. The first kappa shape index (κ1) is 13.0. The standard InChI is InChI=1S/C10H11BrN4O3S/c1-7-9(19(16,17)15-3-2-4-18-15)10-12-5-8(11)6-14(10)13-7/h5-6H,2-4H2,1H3. The summed E-state index contributed by atoms with van der Waals surface area (Å²) in [6.07, 6.45) is 3.90. The van der Waals surface area contributed by atoms with Crippen molar-refractivity contribution >= 4 is 31.6 Å². The second-order valence-electron chi connectivity index (χ2n) is 4.17. The predicted octanol–water partition coefficient (Wildman–Crippen LogP) is 1.13. The fourth-order valence-corrected chi connectivity index (χ4v) is 3.89. The molecule has 1 fully saturated rings. The van der Waals surface area contributed by atoms with Gasteiger partial charge in [-0.3, -0.25) is 4.84 Å². The minimum Gasteiger partial charge on any atom is -0.284 e. The third-order valence-corrected chi connectivity index (χ3v) is 5.04. The fourth-order valence-electron chi connectivity index (χ4n) is 2.02. The second kappa shape index (κ2) is 4.51. The largest absolute Gasteiger partial charge is 0.284 e. The van der Waals surface area contributed by atoms with E-state index < -0.39 is 10.0 Å². The number of halogens is 1. The van der Waals surface area contributed by atoms with Gasteiger partial charge in [0.15, 0.2) is 10.5 Å². The van der Waals surface area contributed by atoms with Crippen molar-refractivity contribution in [1.29, 1.82) is 0 Å². The number of hydroxylamine groups is 1. The summed E-state index contributed by atoms with van der Waals surface area (Å²) in [6.45, 7) is 2.41. The number of rotatable bonds is 2. The van der Waals surface area contributed by atoms with Gasteiger partial charge in [-0.05, 0) is 29.3 Å². The van der Waals surface area contributed by atoms with Crippen molar-refractivity contribution in [3.8, 4) is 0 Å². The highest BCUT2D eigenvalue weighted by Gasteiger charge is 2.34. The topological polar surface area (TPSA) is 76.8 Å². The maximum absolute atomic E-state index is 12.5. The highest BCUT2D eigenvalue weighted by atomic mass is 79.9. The Balaban J connectivity index is 2.22. The molecule has 0 saturated carbocycles. The van der Waals surface area contributed by atoms with Crippen molar-refractivity contribution in [2.24, 2.45) is 0 Å². The molecule has 0 unspecified atom stereocenters. The zero-order valence-corrected chi connectivity index (χ0v) is 12.5. The van der Waals surface area contributed by atoms with Gasteiger partial charge in [0, 0.05) is 18.9 Å². The number of aromatic nitrogens is 3. The van der Waals surface area contributed by atoms with E-state index in [1.54, 1.807) is 19.3 Å². The van der Waals surface area contributed by atoms with Crippen molar-refractivity contribution in [1.82, 2.24) is 19.1 Å². The molecule has 3 heterocycles. The molecule has 9 heteroatoms. The van der Waals surface area contributed by atoms with Crippen LogP contribution < -0.4 is 0 Å². The Bertz CT molecular complexity index is 737. The van der Waals surface area contributed by atoms with Gasteiger partial charge in [-0.2, -0.15) is 5.10 Å². The lowest BCUT2D eigenvalue weighted by Gasteiger charge is -2.13. The SMILES string of the molecule is Cc1nn2cc(Br)cnc2c1S(=O)(=O)N1CCCO1. The third-order valence-electron chi connectivity index (χ3n) is 2.81. The molecule has 1 saturated heterocycles. The van der Waals surface area contributed by atoms with Gasteiger partial charge in [-0.15, -0.1) is 0 Å². The van der Waals surface area contributed by atoms with E-state index in [1.165, 1.54) is 4.52 Å². The van der Waals surface area contributed by atoms with Crippen LogP contribution in [0.15, 0.2) is 21.8 Å². The van der Waals surface area contributed by atoms with Crippen LogP contribution in [0.3, 0.4) is 0 Å². The third kappa shape index (κ3) is 2.06. The molecule has 1 aliphatic heterocycles. The van der Waals surface area contributed by atoms with E-state index in [-0.39, 0.29) is 4.90 Å². The Morgan fingerprint density at radius 3 is 2.95 bits per heavy atom. The number of nitrogens with zero attached hydrogens (tertiary/aromatic N) is 4. The van der Waals surface area contributed by atoms with Crippen LogP contribution in [-0.4, -0.2) is 40.6 Å². The minimum atomic E-state index is -3.72. The maximum atomic E-state index is 12.5. The molecule has 0 amide bonds. The molecule has 0 radical (unpaired) electrons. The predicted molar refractivity (Wildman–Crippen MR) is 69.9 cm³/mol. The lowest BCUT2D eigenvalue weighted by atomic mass is 10.5. The van der Waals surface area contributed by atoms with E-state index >= 15 is 0 Å². The number of aryl methyl sites for hydroxylation is 1. The fraction of sp³-hybridized carbons (Fsp3) is 0.400. The molecule has 19 heavy (non-hydrogen) atoms. The van der Waals surface area contributed by atoms with Gasteiger partial charge in [0.25, 0.3) is 10.0 Å². The Morgan fingerprint density at radius 2 is 2.26 bits per heavy atom. The van der Waals surface area contributed by atoms with Crippen molar-refractivity contribution in [3.63, 3.8) is 0 Å². The first-order valence-corrected chi connectivity index (χ1v) is 7.89. The zero-order chi connectivity index (χ0) is 13.6. The van der Waals surface area contributed by atoms with Crippen molar-refractivity contribution in [2.75, 3.05) is 13.2 Å². The van der Waals surface area contributed by atoms with Crippen molar-refractivity contribution < 1.29 is 13.3 Å². The van der Waals surface area contributed by atoms with Crippen LogP contribution >= 0.6 is 15.9 Å². The molecule has 0 spiro atoms. The van der Waals surface area contributed by atoms with E-state index in [9.17, 15) is 8.42 Å². The molecule has 0 atom stereocenters. The van der Waals surface area contributed by atoms with Crippen LogP contribution in [0.25, 0.3) is 5.65 Å². The molecule has 102 valence electrons. The van der Waals surface area contributed by atoms with Crippen LogP contribution in [0.1, 0.15) is 12.1 Å². The highest BCUT2D eigenvalue weighted by Crippen LogP contribution is 2.26. The van der Waals surface area contributed by atoms with E-state index in [0.29, 0.717) is 30.9 Å². The highest BCUT2D eigenvalue weighted by molar-refractivity contribution is 9.10. The molecule has 0 aliphatic carbocycles. The lowest BCUT2D eigenvalue weighted by Crippen LogP contribution is -2.27. The van der Waals surface area contributed by atoms with Gasteiger partial charge >= 0.3 is 0 Å². The summed E-state index contributed by atoms with van der Waals surface area (Å²) in [5, 5.41) is 4.17. The number of hydrogen-bond donors (Lipinski definition) is 0. The Hall–Kier alpha value is -1.03. The van der Waals surface area contributed by atoms with Gasteiger partial charge in [-0.1, -0.05) is 4.47 Å². The minimum absolute atomic E-state index is 0.0990. The van der Waals surface area contributed by atoms with Gasteiger partial charge in [-0.25, -0.2) is 17.9 Å². The quantitative estimate of drug-likeness (QED) is 0.814. The van der Waals surface area contributed by atoms with Gasteiger partial charge in [0.1, 0.15) is 0 Å². The molecule has 7 nitrogen and oxygen atoms in total. The van der Waals surface area contributed by atoms with Gasteiger partial charge < -0.3 is 0 Å². The summed E-state index contributed by atoms with van der Waals surface area (Å²) < 4.78 is 28.2. The monoisotopic (exact) mass is 346 g/mol. The molecule has 0 N–H and O–H groups in total. The Labute approximate surface area is 118 Å². The summed E-state index contributed by atoms with van der Waals surface area (Å²) in [4.78, 5) is 9.37. The van der Waals surface area contributed by atoms with E-state index in [4.69, 9.17) is 4.84 Å². The summed E-state index contributed by atoms with van der Waals surface area (Å²) in [6, 6.07) is 0.